The Hall–Kier alpha value is -8.74. The molecular weight excluding hydrogens is 898 g/mol. The highest BCUT2D eigenvalue weighted by Crippen LogP contribution is 2.52. The average molecular weight is 956 g/mol. The van der Waals surface area contributed by atoms with Gasteiger partial charge in [-0.15, -0.1) is 0 Å². The molecule has 0 N–H and O–H groups in total. The normalized spacial score (nSPS) is 12.5. The van der Waals surface area contributed by atoms with Crippen molar-refractivity contribution in [3.63, 3.8) is 0 Å². The van der Waals surface area contributed by atoms with E-state index < -0.39 is 0 Å². The quantitative estimate of drug-likeness (QED) is 0.141. The second-order valence-electron chi connectivity index (χ2n) is 20.9. The zero-order valence-electron chi connectivity index (χ0n) is 43.4. The van der Waals surface area contributed by atoms with Gasteiger partial charge in [0.2, 0.25) is 0 Å². The Labute approximate surface area is 435 Å². The number of anilines is 12. The van der Waals surface area contributed by atoms with Gasteiger partial charge in [0.25, 0.3) is 6.71 Å². The lowest BCUT2D eigenvalue weighted by atomic mass is 9.32. The lowest BCUT2D eigenvalue weighted by Gasteiger charge is -2.45. The first-order chi connectivity index (χ1) is 36.0. The summed E-state index contributed by atoms with van der Waals surface area (Å²) in [5.41, 5.74) is 28.3. The number of benzene rings is 10. The van der Waals surface area contributed by atoms with Gasteiger partial charge in [-0.3, -0.25) is 0 Å². The van der Waals surface area contributed by atoms with Crippen LogP contribution in [-0.4, -0.2) is 11.3 Å². The Morgan fingerprint density at radius 1 is 0.351 bits per heavy atom. The molecule has 0 fully saturated rings. The number of aromatic nitrogens is 1. The van der Waals surface area contributed by atoms with Gasteiger partial charge < -0.3 is 24.2 Å². The largest absolute Gasteiger partial charge is 0.342 e. The third-order valence-electron chi connectivity index (χ3n) is 15.6. The molecule has 0 bridgehead atoms. The van der Waals surface area contributed by atoms with Crippen LogP contribution in [0.25, 0.3) is 21.8 Å². The van der Waals surface area contributed by atoms with E-state index in [1.165, 1.54) is 82.8 Å². The Kier molecular flexibility index (Phi) is 10.7. The SMILES string of the molecule is Cc1ccc(N(c2ccc(C)cc2)c2cc3c4c(c2)N(c2ccc(C)cc2)c2cc(N(c5ccc(C)cc5)c5ccc(C)cc5)c5c(c2B4c2cc(C)ccc2N3c2ccc(C)cc2)c2ccccc2n5C)cc1. The van der Waals surface area contributed by atoms with Crippen molar-refractivity contribution >= 4 is 113 Å². The van der Waals surface area contributed by atoms with E-state index in [1.807, 2.05) is 0 Å². The van der Waals surface area contributed by atoms with Gasteiger partial charge in [0.1, 0.15) is 0 Å². The Balaban J connectivity index is 1.22. The van der Waals surface area contributed by atoms with Crippen LogP contribution in [0.1, 0.15) is 38.9 Å². The fraction of sp³-hybridized carbons (Fsp3) is 0.118. The topological polar surface area (TPSA) is 17.9 Å². The van der Waals surface area contributed by atoms with Crippen LogP contribution in [-0.2, 0) is 7.05 Å². The summed E-state index contributed by atoms with van der Waals surface area (Å²) in [7, 11) is 2.26. The highest BCUT2D eigenvalue weighted by Gasteiger charge is 2.46. The number of fused-ring (bicyclic) bond motifs is 8. The molecule has 2 aliphatic rings. The fourth-order valence-electron chi connectivity index (χ4n) is 11.8. The number of rotatable bonds is 8. The van der Waals surface area contributed by atoms with Crippen LogP contribution in [0, 0.1) is 48.5 Å². The molecule has 0 amide bonds. The van der Waals surface area contributed by atoms with Gasteiger partial charge in [0.15, 0.2) is 0 Å². The molecule has 0 saturated heterocycles. The zero-order valence-corrected chi connectivity index (χ0v) is 43.4. The van der Waals surface area contributed by atoms with Crippen molar-refractivity contribution in [3.8, 4) is 0 Å². The standard InChI is InChI=1S/C68H58BN5/c1-43-13-26-50(27-14-43)71(51-28-15-44(2)16-29-51)56-40-61-66-62(41-56)74(55-36-23-48(6)24-37-55)63-42-64(72(52-30-17-45(3)18-31-52)53-32-19-46(4)20-33-53)68-65(57-11-9-10-12-59(57)70(68)8)67(63)69(66)58-39-49(7)25-38-60(58)73(61)54-34-21-47(5)22-35-54/h9-42H,1-8H3. The molecule has 6 heteroatoms. The minimum absolute atomic E-state index is 0.135. The molecule has 1 aromatic heterocycles. The molecule has 2 aliphatic heterocycles. The molecule has 0 aliphatic carbocycles. The molecule has 0 radical (unpaired) electrons. The number of aryl methyl sites for hydroxylation is 8. The van der Waals surface area contributed by atoms with Gasteiger partial charge in [0, 0.05) is 80.2 Å². The molecule has 0 spiro atoms. The van der Waals surface area contributed by atoms with Crippen LogP contribution in [0.4, 0.5) is 68.2 Å². The number of hydrogen-bond donors (Lipinski definition) is 0. The molecule has 74 heavy (non-hydrogen) atoms. The van der Waals surface area contributed by atoms with E-state index in [0.717, 1.165) is 62.6 Å². The maximum Gasteiger partial charge on any atom is 0.253 e. The van der Waals surface area contributed by atoms with Crippen LogP contribution in [0.15, 0.2) is 206 Å². The highest BCUT2D eigenvalue weighted by molar-refractivity contribution is 7.02. The van der Waals surface area contributed by atoms with Crippen molar-refractivity contribution in [1.29, 1.82) is 0 Å². The molecule has 3 heterocycles. The Morgan fingerprint density at radius 2 is 0.757 bits per heavy atom. The summed E-state index contributed by atoms with van der Waals surface area (Å²) < 4.78 is 2.45. The van der Waals surface area contributed by atoms with E-state index in [-0.39, 0.29) is 6.71 Å². The lowest BCUT2D eigenvalue weighted by Crippen LogP contribution is -2.61. The third kappa shape index (κ3) is 7.30. The first-order valence-corrected chi connectivity index (χ1v) is 25.9. The molecule has 10 aromatic carbocycles. The summed E-state index contributed by atoms with van der Waals surface area (Å²) in [5, 5.41) is 2.50. The Bertz CT molecular complexity index is 3880. The van der Waals surface area contributed by atoms with E-state index in [0.29, 0.717) is 0 Å². The van der Waals surface area contributed by atoms with Gasteiger partial charge >= 0.3 is 0 Å². The third-order valence-corrected chi connectivity index (χ3v) is 15.6. The van der Waals surface area contributed by atoms with Crippen LogP contribution >= 0.6 is 0 Å². The molecule has 13 rings (SSSR count). The number of nitrogens with zero attached hydrogens (tertiary/aromatic N) is 5. The van der Waals surface area contributed by atoms with Crippen molar-refractivity contribution in [2.75, 3.05) is 19.6 Å². The van der Waals surface area contributed by atoms with E-state index in [2.05, 4.69) is 286 Å². The monoisotopic (exact) mass is 955 g/mol. The molecule has 0 saturated carbocycles. The van der Waals surface area contributed by atoms with E-state index in [9.17, 15) is 0 Å². The molecule has 11 aromatic rings. The predicted octanol–water partition coefficient (Wildman–Crippen LogP) is 16.5. The molecule has 0 atom stereocenters. The van der Waals surface area contributed by atoms with E-state index in [1.54, 1.807) is 0 Å². The maximum atomic E-state index is 2.59. The summed E-state index contributed by atoms with van der Waals surface area (Å²) in [6, 6.07) is 77.9. The number of hydrogen-bond acceptors (Lipinski definition) is 4. The zero-order chi connectivity index (χ0) is 50.5. The van der Waals surface area contributed by atoms with Crippen molar-refractivity contribution in [1.82, 2.24) is 4.57 Å². The number of para-hydroxylation sites is 1. The van der Waals surface area contributed by atoms with Gasteiger partial charge in [0.05, 0.1) is 16.9 Å². The molecular formula is C68H58BN5. The highest BCUT2D eigenvalue weighted by atomic mass is 15.2. The summed E-state index contributed by atoms with van der Waals surface area (Å²) in [6.45, 7) is 15.1. The Morgan fingerprint density at radius 3 is 1.24 bits per heavy atom. The van der Waals surface area contributed by atoms with Gasteiger partial charge in [-0.25, -0.2) is 0 Å². The minimum atomic E-state index is -0.135. The average Bonchev–Trinajstić information content (AvgIpc) is 3.71. The van der Waals surface area contributed by atoms with Crippen LogP contribution in [0.5, 0.6) is 0 Å². The van der Waals surface area contributed by atoms with Crippen molar-refractivity contribution < 1.29 is 0 Å². The minimum Gasteiger partial charge on any atom is -0.342 e. The fourth-order valence-corrected chi connectivity index (χ4v) is 11.8. The van der Waals surface area contributed by atoms with Crippen LogP contribution in [0.2, 0.25) is 0 Å². The van der Waals surface area contributed by atoms with Gasteiger partial charge in [-0.1, -0.05) is 142 Å². The summed E-state index contributed by atoms with van der Waals surface area (Å²) in [4.78, 5) is 10.1. The summed E-state index contributed by atoms with van der Waals surface area (Å²) in [6.07, 6.45) is 0. The van der Waals surface area contributed by atoms with Crippen LogP contribution < -0.4 is 36.0 Å². The maximum absolute atomic E-state index is 2.59. The second-order valence-corrected chi connectivity index (χ2v) is 20.9. The van der Waals surface area contributed by atoms with Gasteiger partial charge in [-0.05, 0) is 168 Å². The lowest BCUT2D eigenvalue weighted by molar-refractivity contribution is 1.01. The summed E-state index contributed by atoms with van der Waals surface area (Å²) >= 11 is 0. The summed E-state index contributed by atoms with van der Waals surface area (Å²) in [5.74, 6) is 0. The predicted molar refractivity (Wildman–Crippen MR) is 317 cm³/mol. The first-order valence-electron chi connectivity index (χ1n) is 25.9. The second kappa shape index (κ2) is 17.5. The molecule has 358 valence electrons. The van der Waals surface area contributed by atoms with E-state index >= 15 is 0 Å². The van der Waals surface area contributed by atoms with Crippen molar-refractivity contribution in [2.45, 2.75) is 48.5 Å². The van der Waals surface area contributed by atoms with Gasteiger partial charge in [-0.2, -0.15) is 0 Å². The first kappa shape index (κ1) is 45.2. The van der Waals surface area contributed by atoms with Crippen LogP contribution in [0.3, 0.4) is 0 Å². The molecule has 5 nitrogen and oxygen atoms in total. The van der Waals surface area contributed by atoms with Crippen molar-refractivity contribution in [3.05, 3.63) is 245 Å². The smallest absolute Gasteiger partial charge is 0.253 e. The van der Waals surface area contributed by atoms with Crippen molar-refractivity contribution in [2.24, 2.45) is 7.05 Å². The molecule has 0 unspecified atom stereocenters. The van der Waals surface area contributed by atoms with E-state index in [4.69, 9.17) is 0 Å².